The summed E-state index contributed by atoms with van der Waals surface area (Å²) in [6, 6.07) is 22.0. The summed E-state index contributed by atoms with van der Waals surface area (Å²) in [6.45, 7) is 7.53. The summed E-state index contributed by atoms with van der Waals surface area (Å²) in [4.78, 5) is 69.5. The van der Waals surface area contributed by atoms with E-state index in [-0.39, 0.29) is 29.8 Å². The quantitative estimate of drug-likeness (QED) is 0.135. The highest BCUT2D eigenvalue weighted by molar-refractivity contribution is 6.06. The van der Waals surface area contributed by atoms with Crippen LogP contribution in [0.5, 0.6) is 5.75 Å². The number of alkyl carbamates (subject to hydrolysis) is 2. The van der Waals surface area contributed by atoms with Gasteiger partial charge in [-0.1, -0.05) is 69.3 Å². The molecule has 2 saturated heterocycles. The summed E-state index contributed by atoms with van der Waals surface area (Å²) >= 11 is 0. The van der Waals surface area contributed by atoms with E-state index in [1.165, 1.54) is 14.2 Å². The maximum atomic E-state index is 14.0. The number of nitrogens with zero attached hydrogens (tertiary/aromatic N) is 4. The van der Waals surface area contributed by atoms with Crippen LogP contribution in [0, 0.1) is 11.8 Å². The molecule has 0 aliphatic carbocycles. The number of imidazole rings is 1. The number of nitrogens with one attached hydrogen (secondary N) is 3. The van der Waals surface area contributed by atoms with E-state index in [1.807, 2.05) is 55.3 Å². The number of aliphatic imine (C=N–C) groups is 1. The van der Waals surface area contributed by atoms with Gasteiger partial charge >= 0.3 is 12.2 Å². The average Bonchev–Trinajstić information content (AvgIpc) is 4.12. The molecule has 0 bridgehead atoms. The molecule has 4 aliphatic heterocycles. The zero-order chi connectivity index (χ0) is 43.2. The second-order valence-corrected chi connectivity index (χ2v) is 17.1. The molecule has 14 heteroatoms. The minimum Gasteiger partial charge on any atom is -0.488 e. The third kappa shape index (κ3) is 7.51. The number of fused-ring (bicyclic) bond motifs is 6. The number of carbonyl (C=O) groups is 4. The molecule has 5 heterocycles. The van der Waals surface area contributed by atoms with Crippen molar-refractivity contribution in [3.05, 3.63) is 102 Å². The molecule has 9 rings (SSSR count). The molecule has 320 valence electrons. The lowest BCUT2D eigenvalue weighted by atomic mass is 9.90. The van der Waals surface area contributed by atoms with Crippen LogP contribution in [0.25, 0.3) is 33.2 Å². The Morgan fingerprint density at radius 3 is 2.45 bits per heavy atom. The van der Waals surface area contributed by atoms with E-state index < -0.39 is 24.3 Å². The maximum absolute atomic E-state index is 14.0. The second kappa shape index (κ2) is 16.6. The standard InChI is InChI=1S/C48H51N7O7/c1-26(2)42(52-47(58)60-4)45(56)55-24-27(3)18-40(55)37-21-34-33-22-41-35(20-29(33)14-16-36(34)50-37)32-15-13-30(19-31(32)25-62-41)38-23-49-44(51-38)39-12-9-17-54(39)46(57)43(53-48(59)61-5)28-10-7-6-8-11-28/h6-8,10-11,13-16,19-20,22-23,26-27,39-40,42-43H,9,12,17-18,21,24-25H2,1-5H3,(H,49,51)(H,52,58)(H,53,59)/t27-,39-,40-,42-,43+/m0/s1. The molecule has 0 unspecified atom stereocenters. The number of carbonyl (C=O) groups excluding carboxylic acids is 4. The summed E-state index contributed by atoms with van der Waals surface area (Å²) in [5.74, 6) is 1.35. The number of hydrogen-bond acceptors (Lipinski definition) is 9. The summed E-state index contributed by atoms with van der Waals surface area (Å²) in [7, 11) is 2.59. The predicted octanol–water partition coefficient (Wildman–Crippen LogP) is 7.80. The topological polar surface area (TPSA) is 168 Å². The number of aromatic amines is 1. The monoisotopic (exact) mass is 837 g/mol. The van der Waals surface area contributed by atoms with Crippen molar-refractivity contribution in [1.29, 1.82) is 0 Å². The summed E-state index contributed by atoms with van der Waals surface area (Å²) in [5, 5.41) is 7.64. The Hall–Kier alpha value is -6.70. The van der Waals surface area contributed by atoms with Gasteiger partial charge in [-0.05, 0) is 94.0 Å². The first-order valence-corrected chi connectivity index (χ1v) is 21.3. The molecule has 0 saturated carbocycles. The number of likely N-dealkylation sites (tertiary alicyclic amines) is 2. The number of H-pyrrole nitrogens is 1. The minimum absolute atomic E-state index is 0.114. The van der Waals surface area contributed by atoms with Crippen LogP contribution in [0.4, 0.5) is 15.3 Å². The van der Waals surface area contributed by atoms with Crippen LogP contribution < -0.4 is 15.4 Å². The van der Waals surface area contributed by atoms with Gasteiger partial charge in [0.1, 0.15) is 30.3 Å². The number of ether oxygens (including phenoxy) is 3. The third-order valence-electron chi connectivity index (χ3n) is 12.8. The zero-order valence-electron chi connectivity index (χ0n) is 35.6. The van der Waals surface area contributed by atoms with Crippen molar-refractivity contribution >= 4 is 46.2 Å². The van der Waals surface area contributed by atoms with E-state index in [0.29, 0.717) is 43.4 Å². The molecule has 5 aromatic rings. The lowest BCUT2D eigenvalue weighted by Crippen LogP contribution is -2.53. The first-order chi connectivity index (χ1) is 30.0. The molecule has 3 N–H and O–H groups in total. The van der Waals surface area contributed by atoms with Gasteiger partial charge in [0, 0.05) is 30.8 Å². The Morgan fingerprint density at radius 1 is 0.887 bits per heavy atom. The van der Waals surface area contributed by atoms with Crippen LogP contribution in [-0.2, 0) is 32.1 Å². The lowest BCUT2D eigenvalue weighted by Gasteiger charge is -2.31. The Kier molecular flexibility index (Phi) is 10.9. The lowest BCUT2D eigenvalue weighted by molar-refractivity contribution is -0.135. The number of aromatic nitrogens is 2. The number of amides is 4. The van der Waals surface area contributed by atoms with Gasteiger partial charge in [0.05, 0.1) is 43.9 Å². The molecular weight excluding hydrogens is 787 g/mol. The number of rotatable bonds is 9. The summed E-state index contributed by atoms with van der Waals surface area (Å²) < 4.78 is 16.1. The SMILES string of the molecule is COC(=O)N[C@H](C(=O)N1C[C@@H](C)C[C@H]1C1=Nc2ccc3cc4c(cc3c2C1)OCc1cc(-c2cnc([C@@H]3CCCN3C(=O)[C@H](NC(=O)OC)c3ccccc3)[nH]2)ccc1-4)C(C)C. The molecule has 4 amide bonds. The molecule has 0 spiro atoms. The minimum atomic E-state index is -0.892. The fourth-order valence-electron chi connectivity index (χ4n) is 9.62. The normalized spacial score (nSPS) is 19.8. The molecule has 14 nitrogen and oxygen atoms in total. The van der Waals surface area contributed by atoms with Gasteiger partial charge in [-0.25, -0.2) is 14.6 Å². The Balaban J connectivity index is 0.932. The summed E-state index contributed by atoms with van der Waals surface area (Å²) in [5.41, 5.74) is 8.63. The molecule has 1 aromatic heterocycles. The fourth-order valence-corrected chi connectivity index (χ4v) is 9.62. The summed E-state index contributed by atoms with van der Waals surface area (Å²) in [6.07, 6.45) is 3.50. The highest BCUT2D eigenvalue weighted by Gasteiger charge is 2.42. The molecule has 2 fully saturated rings. The Morgan fingerprint density at radius 2 is 1.68 bits per heavy atom. The van der Waals surface area contributed by atoms with E-state index in [9.17, 15) is 19.2 Å². The van der Waals surface area contributed by atoms with E-state index in [2.05, 4.69) is 65.0 Å². The van der Waals surface area contributed by atoms with Gasteiger partial charge < -0.3 is 39.6 Å². The van der Waals surface area contributed by atoms with Crippen molar-refractivity contribution in [2.24, 2.45) is 16.8 Å². The van der Waals surface area contributed by atoms with Crippen LogP contribution in [-0.4, -0.2) is 88.9 Å². The Labute approximate surface area is 360 Å². The molecular formula is C48H51N7O7. The number of hydrogen-bond donors (Lipinski definition) is 3. The molecule has 5 atom stereocenters. The second-order valence-electron chi connectivity index (χ2n) is 17.1. The first-order valence-electron chi connectivity index (χ1n) is 21.3. The van der Waals surface area contributed by atoms with Gasteiger partial charge in [-0.3, -0.25) is 14.6 Å². The van der Waals surface area contributed by atoms with Crippen LogP contribution in [0.15, 0.2) is 84.0 Å². The van der Waals surface area contributed by atoms with E-state index in [0.717, 1.165) is 80.7 Å². The van der Waals surface area contributed by atoms with Gasteiger partial charge in [0.15, 0.2) is 0 Å². The van der Waals surface area contributed by atoms with Crippen molar-refractivity contribution in [3.8, 4) is 28.1 Å². The molecule has 0 radical (unpaired) electrons. The number of benzene rings is 4. The van der Waals surface area contributed by atoms with E-state index in [4.69, 9.17) is 24.2 Å². The van der Waals surface area contributed by atoms with Gasteiger partial charge in [0.2, 0.25) is 5.91 Å². The fraction of sp³-hybridized carbons (Fsp3) is 0.375. The van der Waals surface area contributed by atoms with E-state index >= 15 is 0 Å². The molecule has 4 aliphatic rings. The Bertz CT molecular complexity index is 2610. The highest BCUT2D eigenvalue weighted by atomic mass is 16.5. The zero-order valence-corrected chi connectivity index (χ0v) is 35.6. The van der Waals surface area contributed by atoms with Crippen LogP contribution in [0.1, 0.15) is 74.6 Å². The van der Waals surface area contributed by atoms with Gasteiger partial charge in [-0.2, -0.15) is 0 Å². The molecule has 4 aromatic carbocycles. The van der Waals surface area contributed by atoms with Crippen molar-refractivity contribution < 1.29 is 33.4 Å². The van der Waals surface area contributed by atoms with E-state index in [1.54, 1.807) is 4.90 Å². The predicted molar refractivity (Wildman–Crippen MR) is 234 cm³/mol. The van der Waals surface area contributed by atoms with Crippen molar-refractivity contribution in [2.75, 3.05) is 27.3 Å². The van der Waals surface area contributed by atoms with Crippen LogP contribution in [0.2, 0.25) is 0 Å². The smallest absolute Gasteiger partial charge is 0.407 e. The highest BCUT2D eigenvalue weighted by Crippen LogP contribution is 2.45. The van der Waals surface area contributed by atoms with Crippen molar-refractivity contribution in [1.82, 2.24) is 30.4 Å². The third-order valence-corrected chi connectivity index (χ3v) is 12.8. The maximum Gasteiger partial charge on any atom is 0.407 e. The number of methoxy groups -OCH3 is 2. The van der Waals surface area contributed by atoms with Crippen molar-refractivity contribution in [3.63, 3.8) is 0 Å². The first kappa shape index (κ1) is 40.7. The van der Waals surface area contributed by atoms with Gasteiger partial charge in [-0.15, -0.1) is 0 Å². The van der Waals surface area contributed by atoms with Crippen molar-refractivity contribution in [2.45, 2.75) is 77.2 Å². The molecule has 62 heavy (non-hydrogen) atoms. The average molecular weight is 838 g/mol. The van der Waals surface area contributed by atoms with Crippen LogP contribution >= 0.6 is 0 Å². The van der Waals surface area contributed by atoms with Crippen LogP contribution in [0.3, 0.4) is 0 Å². The largest absolute Gasteiger partial charge is 0.488 e. The van der Waals surface area contributed by atoms with Gasteiger partial charge in [0.25, 0.3) is 5.91 Å².